The highest BCUT2D eigenvalue weighted by Gasteiger charge is 2.34. The standard InChI is InChI=1S/C15H31N3O/c1-12(2)11-18(9-8-17(3)4)15(19)14-7-5-6-13(14)10-16/h12-14H,5-11,16H2,1-4H3. The summed E-state index contributed by atoms with van der Waals surface area (Å²) in [5.74, 6) is 1.43. The highest BCUT2D eigenvalue weighted by molar-refractivity contribution is 5.79. The Morgan fingerprint density at radius 2 is 1.95 bits per heavy atom. The van der Waals surface area contributed by atoms with Gasteiger partial charge in [0.15, 0.2) is 0 Å². The maximum atomic E-state index is 12.7. The quantitative estimate of drug-likeness (QED) is 0.760. The molecule has 2 unspecified atom stereocenters. The third-order valence-electron chi connectivity index (χ3n) is 3.99. The largest absolute Gasteiger partial charge is 0.341 e. The van der Waals surface area contributed by atoms with E-state index < -0.39 is 0 Å². The number of carbonyl (C=O) groups excluding carboxylic acids is 1. The molecule has 2 atom stereocenters. The van der Waals surface area contributed by atoms with Gasteiger partial charge in [0.25, 0.3) is 0 Å². The molecule has 0 aliphatic heterocycles. The molecule has 0 aromatic rings. The highest BCUT2D eigenvalue weighted by Crippen LogP contribution is 2.32. The molecule has 112 valence electrons. The van der Waals surface area contributed by atoms with Gasteiger partial charge < -0.3 is 15.5 Å². The summed E-state index contributed by atoms with van der Waals surface area (Å²) < 4.78 is 0. The molecular weight excluding hydrogens is 238 g/mol. The first-order chi connectivity index (χ1) is 8.95. The van der Waals surface area contributed by atoms with Crippen molar-refractivity contribution in [2.75, 3.05) is 40.3 Å². The fourth-order valence-electron chi connectivity index (χ4n) is 2.93. The number of rotatable bonds is 7. The molecule has 1 aliphatic carbocycles. The number of nitrogens with zero attached hydrogens (tertiary/aromatic N) is 2. The van der Waals surface area contributed by atoms with Crippen LogP contribution in [0, 0.1) is 17.8 Å². The van der Waals surface area contributed by atoms with E-state index in [9.17, 15) is 4.79 Å². The summed E-state index contributed by atoms with van der Waals surface area (Å²) in [5.41, 5.74) is 5.81. The number of hydrogen-bond donors (Lipinski definition) is 1. The molecule has 0 spiro atoms. The van der Waals surface area contributed by atoms with Crippen LogP contribution < -0.4 is 5.73 Å². The van der Waals surface area contributed by atoms with Crippen molar-refractivity contribution in [3.05, 3.63) is 0 Å². The Hall–Kier alpha value is -0.610. The second-order valence-electron chi connectivity index (χ2n) is 6.51. The van der Waals surface area contributed by atoms with Crippen molar-refractivity contribution in [1.29, 1.82) is 0 Å². The van der Waals surface area contributed by atoms with Crippen LogP contribution in [-0.2, 0) is 4.79 Å². The maximum Gasteiger partial charge on any atom is 0.226 e. The molecule has 0 saturated heterocycles. The van der Waals surface area contributed by atoms with E-state index in [2.05, 4.69) is 37.7 Å². The van der Waals surface area contributed by atoms with Crippen molar-refractivity contribution in [1.82, 2.24) is 9.80 Å². The van der Waals surface area contributed by atoms with E-state index in [1.165, 1.54) is 0 Å². The average Bonchev–Trinajstić information content (AvgIpc) is 2.81. The van der Waals surface area contributed by atoms with E-state index in [0.717, 1.165) is 38.9 Å². The van der Waals surface area contributed by atoms with Crippen LogP contribution in [0.5, 0.6) is 0 Å². The highest BCUT2D eigenvalue weighted by atomic mass is 16.2. The van der Waals surface area contributed by atoms with E-state index in [1.54, 1.807) is 0 Å². The molecule has 0 heterocycles. The van der Waals surface area contributed by atoms with Crippen LogP contribution in [0.15, 0.2) is 0 Å². The van der Waals surface area contributed by atoms with Gasteiger partial charge in [0.1, 0.15) is 0 Å². The van der Waals surface area contributed by atoms with Gasteiger partial charge in [0.2, 0.25) is 5.91 Å². The van der Waals surface area contributed by atoms with Crippen LogP contribution in [0.4, 0.5) is 0 Å². The summed E-state index contributed by atoms with van der Waals surface area (Å²) in [6.07, 6.45) is 3.30. The Kier molecular flexibility index (Phi) is 6.80. The Morgan fingerprint density at radius 3 is 2.47 bits per heavy atom. The third-order valence-corrected chi connectivity index (χ3v) is 3.99. The molecule has 1 amide bonds. The van der Waals surface area contributed by atoms with Crippen molar-refractivity contribution in [3.8, 4) is 0 Å². The Morgan fingerprint density at radius 1 is 1.26 bits per heavy atom. The molecule has 1 fully saturated rings. The van der Waals surface area contributed by atoms with E-state index in [4.69, 9.17) is 5.73 Å². The van der Waals surface area contributed by atoms with Crippen molar-refractivity contribution >= 4 is 5.91 Å². The van der Waals surface area contributed by atoms with Gasteiger partial charge in [-0.05, 0) is 45.3 Å². The lowest BCUT2D eigenvalue weighted by Gasteiger charge is -2.30. The van der Waals surface area contributed by atoms with Gasteiger partial charge >= 0.3 is 0 Å². The summed E-state index contributed by atoms with van der Waals surface area (Å²) in [6, 6.07) is 0. The first-order valence-electron chi connectivity index (χ1n) is 7.59. The van der Waals surface area contributed by atoms with E-state index in [1.807, 2.05) is 0 Å². The Bertz CT molecular complexity index is 279. The fraction of sp³-hybridized carbons (Fsp3) is 0.933. The van der Waals surface area contributed by atoms with Crippen LogP contribution >= 0.6 is 0 Å². The van der Waals surface area contributed by atoms with Crippen molar-refractivity contribution in [2.45, 2.75) is 33.1 Å². The SMILES string of the molecule is CC(C)CN(CCN(C)C)C(=O)C1CCCC1CN. The second kappa shape index (κ2) is 7.85. The number of nitrogens with two attached hydrogens (primary N) is 1. The summed E-state index contributed by atoms with van der Waals surface area (Å²) in [6.45, 7) is 7.62. The molecule has 0 aromatic heterocycles. The molecule has 0 radical (unpaired) electrons. The van der Waals surface area contributed by atoms with Gasteiger partial charge in [0, 0.05) is 25.6 Å². The lowest BCUT2D eigenvalue weighted by Crippen LogP contribution is -2.43. The van der Waals surface area contributed by atoms with Gasteiger partial charge in [-0.2, -0.15) is 0 Å². The number of hydrogen-bond acceptors (Lipinski definition) is 3. The van der Waals surface area contributed by atoms with Crippen LogP contribution in [0.2, 0.25) is 0 Å². The predicted molar refractivity (Wildman–Crippen MR) is 79.9 cm³/mol. The molecule has 1 rings (SSSR count). The summed E-state index contributed by atoms with van der Waals surface area (Å²) >= 11 is 0. The zero-order chi connectivity index (χ0) is 14.4. The monoisotopic (exact) mass is 269 g/mol. The van der Waals surface area contributed by atoms with Gasteiger partial charge in [-0.1, -0.05) is 20.3 Å². The van der Waals surface area contributed by atoms with Crippen molar-refractivity contribution < 1.29 is 4.79 Å². The molecule has 0 aromatic carbocycles. The van der Waals surface area contributed by atoms with Crippen LogP contribution in [-0.4, -0.2) is 56.0 Å². The van der Waals surface area contributed by atoms with Crippen molar-refractivity contribution in [2.24, 2.45) is 23.5 Å². The average molecular weight is 269 g/mol. The molecule has 0 bridgehead atoms. The molecule has 2 N–H and O–H groups in total. The van der Waals surface area contributed by atoms with E-state index >= 15 is 0 Å². The van der Waals surface area contributed by atoms with E-state index in [-0.39, 0.29) is 5.92 Å². The molecule has 19 heavy (non-hydrogen) atoms. The van der Waals surface area contributed by atoms with Crippen LogP contribution in [0.1, 0.15) is 33.1 Å². The molecular formula is C15H31N3O. The summed E-state index contributed by atoms with van der Waals surface area (Å²) in [5, 5.41) is 0. The Balaban J connectivity index is 2.64. The lowest BCUT2D eigenvalue weighted by molar-refractivity contribution is -0.137. The topological polar surface area (TPSA) is 49.6 Å². The first-order valence-corrected chi connectivity index (χ1v) is 7.59. The molecule has 1 aliphatic rings. The molecule has 4 nitrogen and oxygen atoms in total. The molecule has 4 heteroatoms. The molecule has 1 saturated carbocycles. The Labute approximate surface area is 118 Å². The minimum absolute atomic E-state index is 0.172. The number of likely N-dealkylation sites (N-methyl/N-ethyl adjacent to an activating group) is 1. The normalized spacial score (nSPS) is 23.3. The minimum Gasteiger partial charge on any atom is -0.341 e. The second-order valence-corrected chi connectivity index (χ2v) is 6.51. The van der Waals surface area contributed by atoms with Gasteiger partial charge in [-0.15, -0.1) is 0 Å². The van der Waals surface area contributed by atoms with Gasteiger partial charge in [0.05, 0.1) is 0 Å². The fourth-order valence-corrected chi connectivity index (χ4v) is 2.93. The third kappa shape index (κ3) is 5.11. The number of carbonyl (C=O) groups is 1. The first kappa shape index (κ1) is 16.4. The van der Waals surface area contributed by atoms with Crippen LogP contribution in [0.3, 0.4) is 0 Å². The zero-order valence-electron chi connectivity index (χ0n) is 13.1. The summed E-state index contributed by atoms with van der Waals surface area (Å²) in [7, 11) is 4.10. The predicted octanol–water partition coefficient (Wildman–Crippen LogP) is 1.41. The van der Waals surface area contributed by atoms with Crippen molar-refractivity contribution in [3.63, 3.8) is 0 Å². The lowest BCUT2D eigenvalue weighted by atomic mass is 9.94. The number of amides is 1. The maximum absolute atomic E-state index is 12.7. The van der Waals surface area contributed by atoms with Gasteiger partial charge in [-0.3, -0.25) is 4.79 Å². The van der Waals surface area contributed by atoms with Gasteiger partial charge in [-0.25, -0.2) is 0 Å². The minimum atomic E-state index is 0.172. The smallest absolute Gasteiger partial charge is 0.226 e. The van der Waals surface area contributed by atoms with Crippen LogP contribution in [0.25, 0.3) is 0 Å². The zero-order valence-corrected chi connectivity index (χ0v) is 13.1. The van der Waals surface area contributed by atoms with E-state index in [0.29, 0.717) is 24.3 Å². The summed E-state index contributed by atoms with van der Waals surface area (Å²) in [4.78, 5) is 16.9.